The molecule has 3 rings (SSSR count). The number of nitrogens with one attached hydrogen (secondary N) is 2. The van der Waals surface area contributed by atoms with Crippen molar-refractivity contribution in [2.24, 2.45) is 4.99 Å². The van der Waals surface area contributed by atoms with Crippen LogP contribution in [-0.4, -0.2) is 63.8 Å². The number of hydrogen-bond donors (Lipinski definition) is 2. The van der Waals surface area contributed by atoms with Crippen LogP contribution in [0.1, 0.15) is 24.8 Å². The number of rotatable bonds is 6. The highest BCUT2D eigenvalue weighted by atomic mass is 127. The molecule has 0 radical (unpaired) electrons. The standard InChI is InChI=1S/C19H30N4O.HI/c1-20-18(21-10-11-23-12-14-24-15-13-23)22-16-19(8-5-9-19)17-6-3-2-4-7-17;/h2-4,6-7H,5,8-16H2,1H3,(H2,20,21,22);1H. The lowest BCUT2D eigenvalue weighted by molar-refractivity contribution is 0.0389. The maximum absolute atomic E-state index is 5.39. The van der Waals surface area contributed by atoms with Gasteiger partial charge < -0.3 is 15.4 Å². The number of morpholine rings is 1. The third-order valence-corrected chi connectivity index (χ3v) is 5.34. The Hall–Kier alpha value is -0.860. The van der Waals surface area contributed by atoms with Gasteiger partial charge in [-0.2, -0.15) is 0 Å². The summed E-state index contributed by atoms with van der Waals surface area (Å²) in [4.78, 5) is 6.81. The number of benzene rings is 1. The first-order valence-corrected chi connectivity index (χ1v) is 9.13. The van der Waals surface area contributed by atoms with Crippen LogP contribution < -0.4 is 10.6 Å². The maximum atomic E-state index is 5.39. The molecular weight excluding hydrogens is 427 g/mol. The lowest BCUT2D eigenvalue weighted by atomic mass is 9.64. The molecule has 1 saturated heterocycles. The van der Waals surface area contributed by atoms with Crippen LogP contribution in [0.5, 0.6) is 0 Å². The molecule has 1 saturated carbocycles. The van der Waals surface area contributed by atoms with E-state index in [1.165, 1.54) is 24.8 Å². The molecule has 1 aromatic rings. The molecule has 0 aromatic heterocycles. The molecule has 1 heterocycles. The summed E-state index contributed by atoms with van der Waals surface area (Å²) < 4.78 is 5.39. The van der Waals surface area contributed by atoms with Gasteiger partial charge in [0, 0.05) is 45.2 Å². The van der Waals surface area contributed by atoms with Crippen molar-refractivity contribution in [1.29, 1.82) is 0 Å². The first-order chi connectivity index (χ1) is 11.8. The second kappa shape index (κ2) is 10.3. The van der Waals surface area contributed by atoms with Crippen LogP contribution in [0.2, 0.25) is 0 Å². The molecule has 2 fully saturated rings. The molecular formula is C19H31IN4O. The molecule has 25 heavy (non-hydrogen) atoms. The van der Waals surface area contributed by atoms with Crippen LogP contribution in [0, 0.1) is 0 Å². The molecule has 0 atom stereocenters. The van der Waals surface area contributed by atoms with Crippen molar-refractivity contribution >= 4 is 29.9 Å². The van der Waals surface area contributed by atoms with Gasteiger partial charge in [0.25, 0.3) is 0 Å². The van der Waals surface area contributed by atoms with Crippen LogP contribution in [0.25, 0.3) is 0 Å². The summed E-state index contributed by atoms with van der Waals surface area (Å²) in [6, 6.07) is 10.9. The van der Waals surface area contributed by atoms with Crippen LogP contribution in [-0.2, 0) is 10.2 Å². The number of halogens is 1. The summed E-state index contributed by atoms with van der Waals surface area (Å²) in [5.41, 5.74) is 1.73. The van der Waals surface area contributed by atoms with Gasteiger partial charge in [-0.3, -0.25) is 9.89 Å². The zero-order valence-corrected chi connectivity index (χ0v) is 17.5. The summed E-state index contributed by atoms with van der Waals surface area (Å²) in [7, 11) is 1.85. The lowest BCUT2D eigenvalue weighted by Crippen LogP contribution is -2.50. The Bertz CT molecular complexity index is 527. The Kier molecular flexibility index (Phi) is 8.45. The minimum Gasteiger partial charge on any atom is -0.379 e. The fourth-order valence-electron chi connectivity index (χ4n) is 3.59. The maximum Gasteiger partial charge on any atom is 0.191 e. The Morgan fingerprint density at radius 2 is 1.88 bits per heavy atom. The van der Waals surface area contributed by atoms with Gasteiger partial charge in [-0.25, -0.2) is 0 Å². The first-order valence-electron chi connectivity index (χ1n) is 9.13. The Morgan fingerprint density at radius 3 is 2.48 bits per heavy atom. The first kappa shape index (κ1) is 20.5. The molecule has 140 valence electrons. The van der Waals surface area contributed by atoms with Crippen LogP contribution in [0.3, 0.4) is 0 Å². The van der Waals surface area contributed by atoms with Crippen molar-refractivity contribution in [2.75, 3.05) is 53.0 Å². The summed E-state index contributed by atoms with van der Waals surface area (Å²) in [6.45, 7) is 6.68. The van der Waals surface area contributed by atoms with E-state index in [0.717, 1.165) is 51.9 Å². The van der Waals surface area contributed by atoms with E-state index in [0.29, 0.717) is 0 Å². The minimum atomic E-state index is 0. The largest absolute Gasteiger partial charge is 0.379 e. The predicted octanol–water partition coefficient (Wildman–Crippen LogP) is 2.22. The monoisotopic (exact) mass is 458 g/mol. The number of nitrogens with zero attached hydrogens (tertiary/aromatic N) is 2. The Labute approximate surface area is 168 Å². The number of guanidine groups is 1. The fraction of sp³-hybridized carbons (Fsp3) is 0.632. The molecule has 5 nitrogen and oxygen atoms in total. The number of ether oxygens (including phenoxy) is 1. The molecule has 0 spiro atoms. The van der Waals surface area contributed by atoms with Crippen molar-refractivity contribution in [3.8, 4) is 0 Å². The summed E-state index contributed by atoms with van der Waals surface area (Å²) in [5, 5.41) is 6.99. The highest BCUT2D eigenvalue weighted by Gasteiger charge is 2.38. The van der Waals surface area contributed by atoms with Crippen molar-refractivity contribution in [3.05, 3.63) is 35.9 Å². The lowest BCUT2D eigenvalue weighted by Gasteiger charge is -2.43. The van der Waals surface area contributed by atoms with E-state index in [9.17, 15) is 0 Å². The highest BCUT2D eigenvalue weighted by molar-refractivity contribution is 14.0. The molecule has 6 heteroatoms. The van der Waals surface area contributed by atoms with Gasteiger partial charge in [0.1, 0.15) is 0 Å². The number of aliphatic imine (C=N–C) groups is 1. The fourth-order valence-corrected chi connectivity index (χ4v) is 3.59. The van der Waals surface area contributed by atoms with E-state index in [4.69, 9.17) is 4.74 Å². The van der Waals surface area contributed by atoms with Crippen LogP contribution >= 0.6 is 24.0 Å². The average Bonchev–Trinajstić information content (AvgIpc) is 2.61. The van der Waals surface area contributed by atoms with E-state index in [1.807, 2.05) is 7.05 Å². The molecule has 2 N–H and O–H groups in total. The molecule has 0 amide bonds. The predicted molar refractivity (Wildman–Crippen MR) is 114 cm³/mol. The van der Waals surface area contributed by atoms with Crippen molar-refractivity contribution < 1.29 is 4.74 Å². The molecule has 0 bridgehead atoms. The topological polar surface area (TPSA) is 48.9 Å². The molecule has 2 aliphatic rings. The average molecular weight is 458 g/mol. The van der Waals surface area contributed by atoms with Crippen molar-refractivity contribution in [3.63, 3.8) is 0 Å². The van der Waals surface area contributed by atoms with Gasteiger partial charge in [0.2, 0.25) is 0 Å². The quantitative estimate of drug-likeness (QED) is 0.390. The molecule has 1 aliphatic heterocycles. The minimum absolute atomic E-state index is 0. The van der Waals surface area contributed by atoms with Crippen LogP contribution in [0.4, 0.5) is 0 Å². The molecule has 1 aromatic carbocycles. The van der Waals surface area contributed by atoms with Gasteiger partial charge in [-0.1, -0.05) is 36.8 Å². The third kappa shape index (κ3) is 5.56. The smallest absolute Gasteiger partial charge is 0.191 e. The SMILES string of the molecule is CN=C(NCCN1CCOCC1)NCC1(c2ccccc2)CCC1.I. The van der Waals surface area contributed by atoms with Gasteiger partial charge in [0.15, 0.2) is 5.96 Å². The zero-order chi connectivity index (χ0) is 16.7. The summed E-state index contributed by atoms with van der Waals surface area (Å²) in [5.74, 6) is 0.908. The van der Waals surface area contributed by atoms with E-state index in [1.54, 1.807) is 0 Å². The van der Waals surface area contributed by atoms with Crippen LogP contribution in [0.15, 0.2) is 35.3 Å². The van der Waals surface area contributed by atoms with E-state index in [2.05, 4.69) is 50.9 Å². The number of hydrogen-bond acceptors (Lipinski definition) is 3. The van der Waals surface area contributed by atoms with Gasteiger partial charge >= 0.3 is 0 Å². The van der Waals surface area contributed by atoms with Crippen molar-refractivity contribution in [2.45, 2.75) is 24.7 Å². The second-order valence-corrected chi connectivity index (χ2v) is 6.81. The van der Waals surface area contributed by atoms with E-state index in [-0.39, 0.29) is 29.4 Å². The second-order valence-electron chi connectivity index (χ2n) is 6.81. The Morgan fingerprint density at radius 1 is 1.16 bits per heavy atom. The van der Waals surface area contributed by atoms with Gasteiger partial charge in [0.05, 0.1) is 13.2 Å². The van der Waals surface area contributed by atoms with E-state index >= 15 is 0 Å². The highest BCUT2D eigenvalue weighted by Crippen LogP contribution is 2.43. The van der Waals surface area contributed by atoms with E-state index < -0.39 is 0 Å². The Balaban J connectivity index is 0.00000225. The van der Waals surface area contributed by atoms with Gasteiger partial charge in [-0.15, -0.1) is 24.0 Å². The zero-order valence-electron chi connectivity index (χ0n) is 15.2. The third-order valence-electron chi connectivity index (χ3n) is 5.34. The molecule has 0 unspecified atom stereocenters. The summed E-state index contributed by atoms with van der Waals surface area (Å²) >= 11 is 0. The van der Waals surface area contributed by atoms with Crippen molar-refractivity contribution in [1.82, 2.24) is 15.5 Å². The summed E-state index contributed by atoms with van der Waals surface area (Å²) in [6.07, 6.45) is 3.84. The normalized spacial score (nSPS) is 20.3. The van der Waals surface area contributed by atoms with Gasteiger partial charge in [-0.05, 0) is 18.4 Å². The molecule has 1 aliphatic carbocycles.